The lowest BCUT2D eigenvalue weighted by Crippen LogP contribution is -2.35. The third kappa shape index (κ3) is 3.79. The molecule has 0 amide bonds. The van der Waals surface area contributed by atoms with Crippen molar-refractivity contribution >= 4 is 5.69 Å². The van der Waals surface area contributed by atoms with Gasteiger partial charge in [-0.25, -0.2) is 0 Å². The molecular formula is C16H26N2O2. The minimum atomic E-state index is 0.489. The van der Waals surface area contributed by atoms with Gasteiger partial charge >= 0.3 is 0 Å². The number of hydrogen-bond acceptors (Lipinski definition) is 4. The molecule has 20 heavy (non-hydrogen) atoms. The van der Waals surface area contributed by atoms with Crippen molar-refractivity contribution in [1.82, 2.24) is 5.32 Å². The van der Waals surface area contributed by atoms with Gasteiger partial charge in [-0.2, -0.15) is 0 Å². The number of rotatable bonds is 5. The summed E-state index contributed by atoms with van der Waals surface area (Å²) in [5.74, 6) is 1.86. The van der Waals surface area contributed by atoms with E-state index >= 15 is 0 Å². The molecule has 1 aromatic carbocycles. The zero-order valence-corrected chi connectivity index (χ0v) is 12.8. The second-order valence-corrected chi connectivity index (χ2v) is 5.15. The standard InChI is InChI=1S/C16H26N2O2/c1-4-19-14-7-8-16(20-5-2)15(11-14)18-10-6-9-17-13(3)12-18/h7-8,11,13,17H,4-6,9-10,12H2,1-3H3. The van der Waals surface area contributed by atoms with Crippen molar-refractivity contribution in [2.75, 3.05) is 37.7 Å². The smallest absolute Gasteiger partial charge is 0.142 e. The lowest BCUT2D eigenvalue weighted by molar-refractivity contribution is 0.330. The molecule has 4 heteroatoms. The fraction of sp³-hybridized carbons (Fsp3) is 0.625. The van der Waals surface area contributed by atoms with Gasteiger partial charge in [-0.05, 0) is 45.9 Å². The molecule has 1 N–H and O–H groups in total. The van der Waals surface area contributed by atoms with Crippen molar-refractivity contribution in [2.24, 2.45) is 0 Å². The summed E-state index contributed by atoms with van der Waals surface area (Å²) in [6.07, 6.45) is 1.15. The average Bonchev–Trinajstić information content (AvgIpc) is 2.66. The molecule has 0 aliphatic carbocycles. The maximum absolute atomic E-state index is 5.78. The Morgan fingerprint density at radius 3 is 2.80 bits per heavy atom. The van der Waals surface area contributed by atoms with Crippen molar-refractivity contribution in [3.05, 3.63) is 18.2 Å². The Hall–Kier alpha value is -1.42. The van der Waals surface area contributed by atoms with E-state index in [2.05, 4.69) is 23.2 Å². The SMILES string of the molecule is CCOc1ccc(OCC)c(N2CCCNC(C)C2)c1. The van der Waals surface area contributed by atoms with E-state index < -0.39 is 0 Å². The molecule has 0 saturated carbocycles. The molecule has 1 fully saturated rings. The Kier molecular flexibility index (Phi) is 5.53. The van der Waals surface area contributed by atoms with E-state index in [0.717, 1.165) is 43.2 Å². The third-order valence-corrected chi connectivity index (χ3v) is 3.47. The summed E-state index contributed by atoms with van der Waals surface area (Å²) in [6, 6.07) is 6.60. The molecule has 1 atom stereocenters. The van der Waals surface area contributed by atoms with Gasteiger partial charge in [0.2, 0.25) is 0 Å². The zero-order valence-electron chi connectivity index (χ0n) is 12.8. The first-order valence-corrected chi connectivity index (χ1v) is 7.62. The van der Waals surface area contributed by atoms with Gasteiger partial charge in [0.25, 0.3) is 0 Å². The van der Waals surface area contributed by atoms with Crippen LogP contribution in [0.2, 0.25) is 0 Å². The van der Waals surface area contributed by atoms with E-state index in [-0.39, 0.29) is 0 Å². The van der Waals surface area contributed by atoms with E-state index in [1.807, 2.05) is 26.0 Å². The van der Waals surface area contributed by atoms with Crippen LogP contribution in [0, 0.1) is 0 Å². The van der Waals surface area contributed by atoms with Crippen molar-refractivity contribution in [3.8, 4) is 11.5 Å². The Morgan fingerprint density at radius 2 is 2.05 bits per heavy atom. The number of anilines is 1. The van der Waals surface area contributed by atoms with Gasteiger partial charge in [-0.3, -0.25) is 0 Å². The fourth-order valence-corrected chi connectivity index (χ4v) is 2.60. The predicted octanol–water partition coefficient (Wildman–Crippen LogP) is 2.67. The lowest BCUT2D eigenvalue weighted by Gasteiger charge is -2.27. The Balaban J connectivity index is 2.27. The molecule has 0 radical (unpaired) electrons. The Bertz CT molecular complexity index is 423. The minimum Gasteiger partial charge on any atom is -0.494 e. The van der Waals surface area contributed by atoms with Crippen LogP contribution in [0.3, 0.4) is 0 Å². The van der Waals surface area contributed by atoms with E-state index in [4.69, 9.17) is 9.47 Å². The maximum Gasteiger partial charge on any atom is 0.142 e. The number of ether oxygens (including phenoxy) is 2. The summed E-state index contributed by atoms with van der Waals surface area (Å²) in [5, 5.41) is 3.52. The fourth-order valence-electron chi connectivity index (χ4n) is 2.60. The van der Waals surface area contributed by atoms with Crippen LogP contribution in [0.1, 0.15) is 27.2 Å². The van der Waals surface area contributed by atoms with E-state index in [0.29, 0.717) is 19.3 Å². The second-order valence-electron chi connectivity index (χ2n) is 5.15. The first-order valence-electron chi connectivity index (χ1n) is 7.62. The zero-order chi connectivity index (χ0) is 14.4. The van der Waals surface area contributed by atoms with Crippen LogP contribution in [0.5, 0.6) is 11.5 Å². The van der Waals surface area contributed by atoms with Gasteiger partial charge in [0.1, 0.15) is 11.5 Å². The molecule has 112 valence electrons. The highest BCUT2D eigenvalue weighted by atomic mass is 16.5. The molecule has 4 nitrogen and oxygen atoms in total. The number of benzene rings is 1. The van der Waals surface area contributed by atoms with Crippen LogP contribution in [0.25, 0.3) is 0 Å². The van der Waals surface area contributed by atoms with Crippen molar-refractivity contribution in [3.63, 3.8) is 0 Å². The molecule has 0 aromatic heterocycles. The van der Waals surface area contributed by atoms with E-state index in [1.54, 1.807) is 0 Å². The summed E-state index contributed by atoms with van der Waals surface area (Å²) >= 11 is 0. The van der Waals surface area contributed by atoms with Gasteiger partial charge in [-0.15, -0.1) is 0 Å². The van der Waals surface area contributed by atoms with Gasteiger partial charge < -0.3 is 19.7 Å². The summed E-state index contributed by atoms with van der Waals surface area (Å²) in [4.78, 5) is 2.40. The molecule has 1 heterocycles. The van der Waals surface area contributed by atoms with Crippen molar-refractivity contribution in [2.45, 2.75) is 33.2 Å². The van der Waals surface area contributed by atoms with Crippen molar-refractivity contribution in [1.29, 1.82) is 0 Å². The quantitative estimate of drug-likeness (QED) is 0.898. The van der Waals surface area contributed by atoms with Gasteiger partial charge in [0, 0.05) is 25.2 Å². The van der Waals surface area contributed by atoms with Crippen molar-refractivity contribution < 1.29 is 9.47 Å². The van der Waals surface area contributed by atoms with E-state index in [9.17, 15) is 0 Å². The summed E-state index contributed by atoms with van der Waals surface area (Å²) in [5.41, 5.74) is 1.15. The topological polar surface area (TPSA) is 33.7 Å². The largest absolute Gasteiger partial charge is 0.494 e. The highest BCUT2D eigenvalue weighted by molar-refractivity contribution is 5.62. The summed E-state index contributed by atoms with van der Waals surface area (Å²) < 4.78 is 11.4. The molecule has 1 saturated heterocycles. The van der Waals surface area contributed by atoms with E-state index in [1.165, 1.54) is 0 Å². The summed E-state index contributed by atoms with van der Waals surface area (Å²) in [6.45, 7) is 10.7. The molecule has 1 aliphatic heterocycles. The number of nitrogens with one attached hydrogen (secondary N) is 1. The molecule has 1 unspecified atom stereocenters. The van der Waals surface area contributed by atoms with Crippen LogP contribution in [0.15, 0.2) is 18.2 Å². The highest BCUT2D eigenvalue weighted by Crippen LogP contribution is 2.33. The first-order chi connectivity index (χ1) is 9.74. The highest BCUT2D eigenvalue weighted by Gasteiger charge is 2.18. The molecule has 1 aliphatic rings. The van der Waals surface area contributed by atoms with Gasteiger partial charge in [0.05, 0.1) is 18.9 Å². The van der Waals surface area contributed by atoms with Crippen LogP contribution in [-0.4, -0.2) is 38.9 Å². The Labute approximate surface area is 122 Å². The molecule has 2 rings (SSSR count). The van der Waals surface area contributed by atoms with Crippen LogP contribution >= 0.6 is 0 Å². The second kappa shape index (κ2) is 7.39. The molecule has 0 spiro atoms. The molecule has 1 aromatic rings. The average molecular weight is 278 g/mol. The third-order valence-electron chi connectivity index (χ3n) is 3.47. The molecule has 0 bridgehead atoms. The monoisotopic (exact) mass is 278 g/mol. The van der Waals surface area contributed by atoms with Crippen LogP contribution in [-0.2, 0) is 0 Å². The summed E-state index contributed by atoms with van der Waals surface area (Å²) in [7, 11) is 0. The van der Waals surface area contributed by atoms with Crippen LogP contribution < -0.4 is 19.7 Å². The molecular weight excluding hydrogens is 252 g/mol. The first kappa shape index (κ1) is 15.0. The minimum absolute atomic E-state index is 0.489. The number of hydrogen-bond donors (Lipinski definition) is 1. The lowest BCUT2D eigenvalue weighted by atomic mass is 10.2. The van der Waals surface area contributed by atoms with Gasteiger partial charge in [0.15, 0.2) is 0 Å². The normalized spacial score (nSPS) is 19.6. The predicted molar refractivity (Wildman–Crippen MR) is 83.1 cm³/mol. The maximum atomic E-state index is 5.78. The number of nitrogens with zero attached hydrogens (tertiary/aromatic N) is 1. The Morgan fingerprint density at radius 1 is 1.25 bits per heavy atom. The van der Waals surface area contributed by atoms with Gasteiger partial charge in [-0.1, -0.05) is 0 Å². The van der Waals surface area contributed by atoms with Crippen LogP contribution in [0.4, 0.5) is 5.69 Å².